The third kappa shape index (κ3) is 2.80. The van der Waals surface area contributed by atoms with Crippen LogP contribution in [0.2, 0.25) is 5.02 Å². The number of non-ortho nitro benzene ring substituents is 1. The van der Waals surface area contributed by atoms with Gasteiger partial charge in [0.15, 0.2) is 0 Å². The summed E-state index contributed by atoms with van der Waals surface area (Å²) >= 11 is 6.12. The largest absolute Gasteiger partial charge is 0.308 e. The second kappa shape index (κ2) is 5.68. The molecule has 20 heavy (non-hydrogen) atoms. The number of halogens is 1. The first-order valence-corrected chi connectivity index (χ1v) is 7.40. The number of nitro groups is 1. The zero-order valence-corrected chi connectivity index (χ0v) is 12.0. The summed E-state index contributed by atoms with van der Waals surface area (Å²) in [6, 6.07) is 5.20. The number of nitrogens with one attached hydrogen (secondary N) is 1. The van der Waals surface area contributed by atoms with Crippen LogP contribution in [0.5, 0.6) is 0 Å². The van der Waals surface area contributed by atoms with E-state index >= 15 is 0 Å². The highest BCUT2D eigenvalue weighted by Gasteiger charge is 2.33. The quantitative estimate of drug-likeness (QED) is 0.685. The number of nitro benzene ring substituents is 1. The summed E-state index contributed by atoms with van der Waals surface area (Å²) in [4.78, 5) is 12.8. The maximum atomic E-state index is 10.7. The summed E-state index contributed by atoms with van der Waals surface area (Å²) in [6.07, 6.45) is 2.54. The highest BCUT2D eigenvalue weighted by atomic mass is 35.5. The third-order valence-corrected chi connectivity index (χ3v) is 4.81. The van der Waals surface area contributed by atoms with Gasteiger partial charge in [-0.15, -0.1) is 0 Å². The van der Waals surface area contributed by atoms with Gasteiger partial charge in [-0.25, -0.2) is 0 Å². The molecule has 3 aliphatic rings. The smallest absolute Gasteiger partial charge is 0.270 e. The fourth-order valence-corrected chi connectivity index (χ4v) is 3.47. The maximum Gasteiger partial charge on any atom is 0.270 e. The average Bonchev–Trinajstić information content (AvgIpc) is 2.47. The van der Waals surface area contributed by atoms with Gasteiger partial charge in [0.1, 0.15) is 0 Å². The van der Waals surface area contributed by atoms with E-state index in [1.807, 2.05) is 0 Å². The molecule has 0 spiro atoms. The van der Waals surface area contributed by atoms with Crippen molar-refractivity contribution in [2.75, 3.05) is 19.6 Å². The van der Waals surface area contributed by atoms with Gasteiger partial charge >= 0.3 is 0 Å². The number of nitrogens with zero attached hydrogens (tertiary/aromatic N) is 2. The van der Waals surface area contributed by atoms with Gasteiger partial charge in [-0.3, -0.25) is 10.1 Å². The Kier molecular flexibility index (Phi) is 3.92. The van der Waals surface area contributed by atoms with Crippen LogP contribution in [-0.2, 0) is 6.54 Å². The van der Waals surface area contributed by atoms with E-state index in [1.165, 1.54) is 38.1 Å². The lowest BCUT2D eigenvalue weighted by Gasteiger charge is -2.45. The molecular formula is C14H18ClN3O2. The van der Waals surface area contributed by atoms with Crippen molar-refractivity contribution in [3.05, 3.63) is 38.9 Å². The Morgan fingerprint density at radius 1 is 1.40 bits per heavy atom. The highest BCUT2D eigenvalue weighted by Crippen LogP contribution is 2.28. The van der Waals surface area contributed by atoms with Gasteiger partial charge in [0.05, 0.1) is 9.95 Å². The first-order valence-electron chi connectivity index (χ1n) is 7.02. The summed E-state index contributed by atoms with van der Waals surface area (Å²) in [7, 11) is 0. The van der Waals surface area contributed by atoms with Crippen molar-refractivity contribution < 1.29 is 4.92 Å². The zero-order chi connectivity index (χ0) is 14.1. The Morgan fingerprint density at radius 3 is 2.70 bits per heavy atom. The van der Waals surface area contributed by atoms with Crippen LogP contribution >= 0.6 is 11.6 Å². The van der Waals surface area contributed by atoms with E-state index < -0.39 is 4.92 Å². The van der Waals surface area contributed by atoms with E-state index in [4.69, 9.17) is 11.6 Å². The molecule has 3 saturated heterocycles. The molecule has 1 unspecified atom stereocenters. The predicted octanol–water partition coefficient (Wildman–Crippen LogP) is 2.43. The molecule has 4 rings (SSSR count). The number of benzene rings is 1. The Balaban J connectivity index is 1.62. The molecule has 0 amide bonds. The van der Waals surface area contributed by atoms with Gasteiger partial charge in [-0.1, -0.05) is 11.6 Å². The molecule has 0 radical (unpaired) electrons. The summed E-state index contributed by atoms with van der Waals surface area (Å²) < 4.78 is 0. The molecule has 3 fully saturated rings. The van der Waals surface area contributed by atoms with Gasteiger partial charge in [-0.2, -0.15) is 0 Å². The summed E-state index contributed by atoms with van der Waals surface area (Å²) in [5, 5.41) is 14.7. The van der Waals surface area contributed by atoms with E-state index in [0.29, 0.717) is 17.6 Å². The highest BCUT2D eigenvalue weighted by molar-refractivity contribution is 6.31. The van der Waals surface area contributed by atoms with Crippen LogP contribution in [-0.4, -0.2) is 35.5 Å². The molecule has 1 atom stereocenters. The van der Waals surface area contributed by atoms with Gasteiger partial charge in [0.25, 0.3) is 5.69 Å². The van der Waals surface area contributed by atoms with E-state index in [-0.39, 0.29) is 5.69 Å². The minimum absolute atomic E-state index is 0.0431. The van der Waals surface area contributed by atoms with Crippen LogP contribution in [0.3, 0.4) is 0 Å². The fraction of sp³-hybridized carbons (Fsp3) is 0.571. The van der Waals surface area contributed by atoms with Crippen LogP contribution in [0.1, 0.15) is 18.4 Å². The molecule has 5 nitrogen and oxygen atoms in total. The second-order valence-corrected chi connectivity index (χ2v) is 6.07. The number of hydrogen-bond donors (Lipinski definition) is 1. The van der Waals surface area contributed by atoms with E-state index in [0.717, 1.165) is 18.0 Å². The molecule has 1 aromatic rings. The minimum Gasteiger partial charge on any atom is -0.308 e. The lowest BCUT2D eigenvalue weighted by molar-refractivity contribution is -0.384. The molecule has 2 bridgehead atoms. The molecule has 3 heterocycles. The molecule has 3 aliphatic heterocycles. The van der Waals surface area contributed by atoms with Crippen LogP contribution in [0.25, 0.3) is 0 Å². The summed E-state index contributed by atoms with van der Waals surface area (Å²) in [5.74, 6) is 0.761. The van der Waals surface area contributed by atoms with Crippen molar-refractivity contribution in [3.63, 3.8) is 0 Å². The van der Waals surface area contributed by atoms with Crippen LogP contribution in [0.15, 0.2) is 18.2 Å². The molecule has 0 aliphatic carbocycles. The Labute approximate surface area is 123 Å². The van der Waals surface area contributed by atoms with Crippen molar-refractivity contribution in [3.8, 4) is 0 Å². The van der Waals surface area contributed by atoms with Crippen molar-refractivity contribution in [1.29, 1.82) is 0 Å². The van der Waals surface area contributed by atoms with Gasteiger partial charge in [-0.05, 0) is 43.5 Å². The van der Waals surface area contributed by atoms with Crippen molar-refractivity contribution in [2.24, 2.45) is 5.92 Å². The van der Waals surface area contributed by atoms with E-state index in [9.17, 15) is 10.1 Å². The molecule has 108 valence electrons. The zero-order valence-electron chi connectivity index (χ0n) is 11.2. The first-order chi connectivity index (χ1) is 9.63. The van der Waals surface area contributed by atoms with Crippen molar-refractivity contribution in [2.45, 2.75) is 25.4 Å². The first kappa shape index (κ1) is 13.8. The van der Waals surface area contributed by atoms with Gasteiger partial charge in [0, 0.05) is 31.3 Å². The van der Waals surface area contributed by atoms with Crippen LogP contribution in [0.4, 0.5) is 5.69 Å². The monoisotopic (exact) mass is 295 g/mol. The topological polar surface area (TPSA) is 58.4 Å². The Morgan fingerprint density at radius 2 is 2.15 bits per heavy atom. The predicted molar refractivity (Wildman–Crippen MR) is 77.9 cm³/mol. The van der Waals surface area contributed by atoms with Crippen molar-refractivity contribution in [1.82, 2.24) is 10.2 Å². The Bertz CT molecular complexity index is 515. The standard InChI is InChI=1S/C14H18ClN3O2/c15-13-7-12(18(19)20)2-1-11(13)8-16-14-9-17-5-3-10(14)4-6-17/h1-2,7,10,14,16H,3-6,8-9H2. The number of piperidine rings is 3. The second-order valence-electron chi connectivity index (χ2n) is 5.66. The number of hydrogen-bond acceptors (Lipinski definition) is 4. The number of rotatable bonds is 4. The molecule has 0 aromatic heterocycles. The van der Waals surface area contributed by atoms with E-state index in [1.54, 1.807) is 6.07 Å². The number of fused-ring (bicyclic) bond motifs is 3. The third-order valence-electron chi connectivity index (χ3n) is 4.46. The van der Waals surface area contributed by atoms with Gasteiger partial charge in [0.2, 0.25) is 0 Å². The summed E-state index contributed by atoms with van der Waals surface area (Å²) in [5.41, 5.74) is 0.968. The minimum atomic E-state index is -0.420. The van der Waals surface area contributed by atoms with Gasteiger partial charge < -0.3 is 10.2 Å². The molecule has 1 aromatic carbocycles. The Hall–Kier alpha value is -1.17. The average molecular weight is 296 g/mol. The molecule has 0 saturated carbocycles. The summed E-state index contributed by atoms with van der Waals surface area (Å²) in [6.45, 7) is 4.23. The maximum absolute atomic E-state index is 10.7. The SMILES string of the molecule is O=[N+]([O-])c1ccc(CNC2CN3CCC2CC3)c(Cl)c1. The lowest BCUT2D eigenvalue weighted by Crippen LogP contribution is -2.55. The molecular weight excluding hydrogens is 278 g/mol. The van der Waals surface area contributed by atoms with Crippen LogP contribution < -0.4 is 5.32 Å². The van der Waals surface area contributed by atoms with Crippen molar-refractivity contribution >= 4 is 17.3 Å². The van der Waals surface area contributed by atoms with Crippen LogP contribution in [0, 0.1) is 16.0 Å². The lowest BCUT2D eigenvalue weighted by atomic mass is 9.84. The molecule has 1 N–H and O–H groups in total. The normalized spacial score (nSPS) is 28.6. The molecule has 6 heteroatoms. The fourth-order valence-electron chi connectivity index (χ4n) is 3.23. The van der Waals surface area contributed by atoms with E-state index in [2.05, 4.69) is 10.2 Å².